The lowest BCUT2D eigenvalue weighted by Crippen LogP contribution is -2.48. The molecule has 1 saturated heterocycles. The van der Waals surface area contributed by atoms with E-state index < -0.39 is 0 Å². The second-order valence-electron chi connectivity index (χ2n) is 9.40. The molecule has 198 valence electrons. The van der Waals surface area contributed by atoms with Crippen LogP contribution in [0.3, 0.4) is 0 Å². The molecule has 1 fully saturated rings. The minimum atomic E-state index is -0.101. The lowest BCUT2D eigenvalue weighted by molar-refractivity contribution is -0.116. The maximum atomic E-state index is 12.1. The van der Waals surface area contributed by atoms with Crippen LogP contribution >= 0.6 is 0 Å². The number of carbonyl (C=O) groups is 1. The number of allylic oxidation sites excluding steroid dienone is 2. The molecule has 6 nitrogen and oxygen atoms in total. The summed E-state index contributed by atoms with van der Waals surface area (Å²) in [5.74, 6) is 0.420. The average molecular weight is 512 g/mol. The Bertz CT molecular complexity index is 1160. The van der Waals surface area contributed by atoms with Crippen molar-refractivity contribution in [3.8, 4) is 11.5 Å². The van der Waals surface area contributed by atoms with Gasteiger partial charge in [-0.15, -0.1) is 0 Å². The number of nitrogens with zero attached hydrogens (tertiary/aromatic N) is 2. The number of carbonyl (C=O) groups excluding carboxylic acids is 1. The molecule has 0 aliphatic carbocycles. The van der Waals surface area contributed by atoms with Gasteiger partial charge in [0.15, 0.2) is 11.5 Å². The number of phenols is 1. The zero-order chi connectivity index (χ0) is 26.6. The Kier molecular flexibility index (Phi) is 10.1. The number of ether oxygens (including phenoxy) is 1. The lowest BCUT2D eigenvalue weighted by atomic mass is 9.96. The summed E-state index contributed by atoms with van der Waals surface area (Å²) >= 11 is 0. The predicted molar refractivity (Wildman–Crippen MR) is 153 cm³/mol. The van der Waals surface area contributed by atoms with Crippen LogP contribution in [-0.4, -0.2) is 67.2 Å². The van der Waals surface area contributed by atoms with E-state index in [-0.39, 0.29) is 17.7 Å². The lowest BCUT2D eigenvalue weighted by Gasteiger charge is -2.39. The largest absolute Gasteiger partial charge is 0.504 e. The van der Waals surface area contributed by atoms with E-state index >= 15 is 0 Å². The molecule has 3 aromatic rings. The number of amides is 1. The third kappa shape index (κ3) is 7.81. The fraction of sp³-hybridized carbons (Fsp3) is 0.281. The standard InChI is InChI=1S/C32H37N3O3/c1-38-30-25-26(17-18-29(30)36)11-8-9-16-31(37)33-19-10-20-34-21-23-35(24-22-34)32(27-12-4-2-5-13-27)28-14-6-3-7-15-28/h2-9,11-18,25,32,36H,10,19-24H2,1H3,(H,33,37). The van der Waals surface area contributed by atoms with Crippen molar-refractivity contribution >= 4 is 12.0 Å². The fourth-order valence-electron chi connectivity index (χ4n) is 4.81. The van der Waals surface area contributed by atoms with Gasteiger partial charge in [0.2, 0.25) is 5.91 Å². The molecule has 0 atom stereocenters. The number of rotatable bonds is 11. The quantitative estimate of drug-likeness (QED) is 0.218. The van der Waals surface area contributed by atoms with Crippen LogP contribution in [0.15, 0.2) is 97.1 Å². The molecular weight excluding hydrogens is 474 g/mol. The molecular formula is C32H37N3O3. The highest BCUT2D eigenvalue weighted by atomic mass is 16.5. The van der Waals surface area contributed by atoms with E-state index in [1.807, 2.05) is 6.08 Å². The number of hydrogen-bond donors (Lipinski definition) is 2. The number of phenolic OH excluding ortho intramolecular Hbond substituents is 1. The Balaban J connectivity index is 1.17. The molecule has 0 spiro atoms. The number of methoxy groups -OCH3 is 1. The summed E-state index contributed by atoms with van der Waals surface area (Å²) in [4.78, 5) is 17.2. The molecule has 1 aliphatic rings. The minimum Gasteiger partial charge on any atom is -0.504 e. The molecule has 0 aromatic heterocycles. The van der Waals surface area contributed by atoms with Crippen molar-refractivity contribution in [2.75, 3.05) is 46.4 Å². The maximum absolute atomic E-state index is 12.1. The van der Waals surface area contributed by atoms with Crippen molar-refractivity contribution in [2.45, 2.75) is 12.5 Å². The number of hydrogen-bond acceptors (Lipinski definition) is 5. The van der Waals surface area contributed by atoms with Gasteiger partial charge in [-0.05, 0) is 41.8 Å². The highest BCUT2D eigenvalue weighted by molar-refractivity contribution is 5.87. The first kappa shape index (κ1) is 27.2. The molecule has 4 rings (SSSR count). The van der Waals surface area contributed by atoms with E-state index in [1.165, 1.54) is 24.3 Å². The molecule has 0 saturated carbocycles. The average Bonchev–Trinajstić information content (AvgIpc) is 2.96. The summed E-state index contributed by atoms with van der Waals surface area (Å²) in [6, 6.07) is 26.9. The van der Waals surface area contributed by atoms with Crippen molar-refractivity contribution < 1.29 is 14.6 Å². The van der Waals surface area contributed by atoms with Crippen LogP contribution < -0.4 is 10.1 Å². The van der Waals surface area contributed by atoms with Gasteiger partial charge in [-0.3, -0.25) is 9.69 Å². The third-order valence-electron chi connectivity index (χ3n) is 6.80. The molecule has 0 radical (unpaired) electrons. The maximum Gasteiger partial charge on any atom is 0.243 e. The number of aromatic hydroxyl groups is 1. The third-order valence-corrected chi connectivity index (χ3v) is 6.80. The van der Waals surface area contributed by atoms with Gasteiger partial charge in [0.25, 0.3) is 0 Å². The Labute approximate surface area is 225 Å². The summed E-state index contributed by atoms with van der Waals surface area (Å²) in [5, 5.41) is 12.6. The highest BCUT2D eigenvalue weighted by Crippen LogP contribution is 2.29. The smallest absolute Gasteiger partial charge is 0.243 e. The molecule has 3 aromatic carbocycles. The molecule has 0 bridgehead atoms. The number of piperazine rings is 1. The first-order chi connectivity index (χ1) is 18.6. The summed E-state index contributed by atoms with van der Waals surface area (Å²) in [6.07, 6.45) is 7.81. The Hall–Kier alpha value is -3.87. The molecule has 1 amide bonds. The van der Waals surface area contributed by atoms with E-state index in [1.54, 1.807) is 30.4 Å². The van der Waals surface area contributed by atoms with Crippen LogP contribution in [0.4, 0.5) is 0 Å². The molecule has 6 heteroatoms. The number of nitrogens with one attached hydrogen (secondary N) is 1. The minimum absolute atomic E-state index is 0.101. The van der Waals surface area contributed by atoms with Gasteiger partial charge < -0.3 is 20.1 Å². The first-order valence-electron chi connectivity index (χ1n) is 13.2. The zero-order valence-electron chi connectivity index (χ0n) is 22.0. The Morgan fingerprint density at radius 1 is 0.947 bits per heavy atom. The van der Waals surface area contributed by atoms with Crippen molar-refractivity contribution in [1.29, 1.82) is 0 Å². The highest BCUT2D eigenvalue weighted by Gasteiger charge is 2.26. The molecule has 0 unspecified atom stereocenters. The summed E-state index contributed by atoms with van der Waals surface area (Å²) in [6.45, 7) is 5.71. The Morgan fingerprint density at radius 2 is 1.61 bits per heavy atom. The van der Waals surface area contributed by atoms with Crippen molar-refractivity contribution in [3.05, 3.63) is 114 Å². The van der Waals surface area contributed by atoms with Crippen molar-refractivity contribution in [1.82, 2.24) is 15.1 Å². The molecule has 2 N–H and O–H groups in total. The zero-order valence-corrected chi connectivity index (χ0v) is 22.0. The second kappa shape index (κ2) is 14.2. The normalized spacial score (nSPS) is 14.9. The SMILES string of the molecule is COc1cc(C=CC=CC(=O)NCCCN2CCN(C(c3ccccc3)c3ccccc3)CC2)ccc1O. The van der Waals surface area contributed by atoms with E-state index in [0.29, 0.717) is 12.3 Å². The first-order valence-corrected chi connectivity index (χ1v) is 13.2. The number of benzene rings is 3. The van der Waals surface area contributed by atoms with Crippen LogP contribution in [0.25, 0.3) is 6.08 Å². The molecule has 38 heavy (non-hydrogen) atoms. The van der Waals surface area contributed by atoms with Crippen LogP contribution in [-0.2, 0) is 4.79 Å². The molecule has 1 aliphatic heterocycles. The van der Waals surface area contributed by atoms with Crippen LogP contribution in [0.1, 0.15) is 29.2 Å². The van der Waals surface area contributed by atoms with Gasteiger partial charge in [0.05, 0.1) is 13.2 Å². The Morgan fingerprint density at radius 3 is 2.24 bits per heavy atom. The van der Waals surface area contributed by atoms with Gasteiger partial charge in [-0.25, -0.2) is 0 Å². The van der Waals surface area contributed by atoms with Gasteiger partial charge in [0, 0.05) is 38.8 Å². The van der Waals surface area contributed by atoms with E-state index in [4.69, 9.17) is 4.74 Å². The van der Waals surface area contributed by atoms with E-state index in [0.717, 1.165) is 44.7 Å². The van der Waals surface area contributed by atoms with Crippen LogP contribution in [0, 0.1) is 0 Å². The second-order valence-corrected chi connectivity index (χ2v) is 9.40. The van der Waals surface area contributed by atoms with Crippen LogP contribution in [0.2, 0.25) is 0 Å². The topological polar surface area (TPSA) is 65.0 Å². The van der Waals surface area contributed by atoms with Gasteiger partial charge in [-0.1, -0.05) is 85.0 Å². The fourth-order valence-corrected chi connectivity index (χ4v) is 4.81. The summed E-state index contributed by atoms with van der Waals surface area (Å²) in [7, 11) is 1.51. The van der Waals surface area contributed by atoms with E-state index in [2.05, 4.69) is 75.8 Å². The van der Waals surface area contributed by atoms with Crippen molar-refractivity contribution in [3.63, 3.8) is 0 Å². The molecule has 1 heterocycles. The van der Waals surface area contributed by atoms with E-state index in [9.17, 15) is 9.90 Å². The van der Waals surface area contributed by atoms with Crippen LogP contribution in [0.5, 0.6) is 11.5 Å². The predicted octanol–water partition coefficient (Wildman–Crippen LogP) is 4.88. The monoisotopic (exact) mass is 511 g/mol. The van der Waals surface area contributed by atoms with Crippen molar-refractivity contribution in [2.24, 2.45) is 0 Å². The van der Waals surface area contributed by atoms with Gasteiger partial charge in [0.1, 0.15) is 0 Å². The van der Waals surface area contributed by atoms with Gasteiger partial charge in [-0.2, -0.15) is 0 Å². The van der Waals surface area contributed by atoms with Gasteiger partial charge >= 0.3 is 0 Å². The summed E-state index contributed by atoms with van der Waals surface area (Å²) in [5.41, 5.74) is 3.55. The summed E-state index contributed by atoms with van der Waals surface area (Å²) < 4.78 is 5.11.